The van der Waals surface area contributed by atoms with Crippen LogP contribution in [0.5, 0.6) is 5.75 Å². The van der Waals surface area contributed by atoms with Gasteiger partial charge in [0.25, 0.3) is 0 Å². The van der Waals surface area contributed by atoms with Crippen molar-refractivity contribution in [2.45, 2.75) is 61.3 Å². The van der Waals surface area contributed by atoms with Gasteiger partial charge in [0.1, 0.15) is 5.75 Å². The summed E-state index contributed by atoms with van der Waals surface area (Å²) >= 11 is 0. The summed E-state index contributed by atoms with van der Waals surface area (Å²) in [4.78, 5) is 0. The maximum absolute atomic E-state index is 5.63. The van der Waals surface area contributed by atoms with Crippen LogP contribution in [0, 0.1) is 6.92 Å². The van der Waals surface area contributed by atoms with Gasteiger partial charge in [0, 0.05) is 0 Å². The van der Waals surface area contributed by atoms with Crippen molar-refractivity contribution in [3.63, 3.8) is 0 Å². The highest BCUT2D eigenvalue weighted by Gasteiger charge is 2.05. The van der Waals surface area contributed by atoms with Gasteiger partial charge >= 0.3 is 0 Å². The average molecular weight is 425 g/mol. The van der Waals surface area contributed by atoms with Crippen molar-refractivity contribution < 1.29 is 4.52 Å². The van der Waals surface area contributed by atoms with E-state index >= 15 is 0 Å². The molecule has 0 spiro atoms. The van der Waals surface area contributed by atoms with Crippen molar-refractivity contribution in [2.24, 2.45) is 0 Å². The van der Waals surface area contributed by atoms with E-state index in [1.807, 2.05) is 32.6 Å². The summed E-state index contributed by atoms with van der Waals surface area (Å²) in [5.41, 5.74) is 6.97. The summed E-state index contributed by atoms with van der Waals surface area (Å²) in [6.45, 7) is 20.9. The van der Waals surface area contributed by atoms with Crippen LogP contribution in [0.4, 0.5) is 0 Å². The van der Waals surface area contributed by atoms with E-state index in [-0.39, 0.29) is 0 Å². The van der Waals surface area contributed by atoms with Crippen molar-refractivity contribution in [2.75, 3.05) is 6.66 Å². The minimum absolute atomic E-state index is 0.460. The lowest BCUT2D eigenvalue weighted by atomic mass is 9.98. The van der Waals surface area contributed by atoms with E-state index in [4.69, 9.17) is 4.52 Å². The van der Waals surface area contributed by atoms with Gasteiger partial charge in [-0.05, 0) is 73.0 Å². The van der Waals surface area contributed by atoms with Gasteiger partial charge in [-0.15, -0.1) is 0 Å². The van der Waals surface area contributed by atoms with Crippen LogP contribution >= 0.6 is 8.81 Å². The van der Waals surface area contributed by atoms with E-state index < -0.39 is 0 Å². The molecule has 2 heteroatoms. The third-order valence-electron chi connectivity index (χ3n) is 4.52. The molecule has 0 amide bonds. The summed E-state index contributed by atoms with van der Waals surface area (Å²) in [5.74, 6) is 0.953. The fourth-order valence-electron chi connectivity index (χ4n) is 2.44. The Balaban J connectivity index is 0.00000125. The van der Waals surface area contributed by atoms with E-state index in [0.29, 0.717) is 8.81 Å². The van der Waals surface area contributed by atoms with Gasteiger partial charge in [-0.1, -0.05) is 95.7 Å². The summed E-state index contributed by atoms with van der Waals surface area (Å²) < 4.78 is 5.63. The van der Waals surface area contributed by atoms with E-state index in [9.17, 15) is 0 Å². The molecule has 0 heterocycles. The smallest absolute Gasteiger partial charge is 0.125 e. The molecular formula is C28H41OP. The zero-order valence-electron chi connectivity index (χ0n) is 20.3. The van der Waals surface area contributed by atoms with Crippen molar-refractivity contribution in [3.05, 3.63) is 89.5 Å². The van der Waals surface area contributed by atoms with Crippen LogP contribution in [-0.2, 0) is 0 Å². The Hall–Kier alpha value is -2.11. The zero-order chi connectivity index (χ0) is 22.9. The Labute approximate surface area is 187 Å². The van der Waals surface area contributed by atoms with Gasteiger partial charge in [-0.25, -0.2) is 0 Å². The molecule has 2 aromatic rings. The lowest BCUT2D eigenvalue weighted by Crippen LogP contribution is -1.89. The first-order chi connectivity index (χ1) is 14.4. The van der Waals surface area contributed by atoms with Crippen LogP contribution in [0.2, 0.25) is 0 Å². The predicted octanol–water partition coefficient (Wildman–Crippen LogP) is 9.49. The molecule has 30 heavy (non-hydrogen) atoms. The fraction of sp³-hybridized carbons (Fsp3) is 0.357. The number of benzene rings is 2. The van der Waals surface area contributed by atoms with Crippen LogP contribution in [0.15, 0.2) is 72.8 Å². The summed E-state index contributed by atoms with van der Waals surface area (Å²) in [5, 5.41) is 0. The zero-order valence-corrected chi connectivity index (χ0v) is 21.3. The molecule has 1 unspecified atom stereocenters. The standard InChI is InChI=1S/C22H25OP.C4H10.C2H6/c1-16(11-12-17(2)20-9-7-6-8-10-20)19(4)21-13-14-22(23-24-5)18(3)15-21;1-3-4-2;1-2/h6-15,24H,4H2,1-3,5H3;3-4H2,1-2H3;1-2H3/b16-11+,17-12+;;. The van der Waals surface area contributed by atoms with Crippen molar-refractivity contribution in [1.29, 1.82) is 0 Å². The molecule has 0 aromatic heterocycles. The maximum atomic E-state index is 5.63. The molecule has 0 N–H and O–H groups in total. The normalized spacial score (nSPS) is 11.3. The number of unbranched alkanes of at least 4 members (excludes halogenated alkanes) is 1. The molecule has 0 aliphatic rings. The lowest BCUT2D eigenvalue weighted by Gasteiger charge is -2.11. The first-order valence-corrected chi connectivity index (χ1v) is 12.4. The Morgan fingerprint density at radius 2 is 1.53 bits per heavy atom. The van der Waals surface area contributed by atoms with Crippen LogP contribution < -0.4 is 4.52 Å². The van der Waals surface area contributed by atoms with Gasteiger partial charge in [0.2, 0.25) is 0 Å². The number of hydrogen-bond acceptors (Lipinski definition) is 1. The number of hydrogen-bond donors (Lipinski definition) is 0. The monoisotopic (exact) mass is 424 g/mol. The average Bonchev–Trinajstić information content (AvgIpc) is 2.80. The second-order valence-electron chi connectivity index (χ2n) is 6.83. The molecule has 0 saturated carbocycles. The number of allylic oxidation sites excluding steroid dienone is 5. The Morgan fingerprint density at radius 3 is 2.03 bits per heavy atom. The molecule has 0 fully saturated rings. The topological polar surface area (TPSA) is 9.23 Å². The molecule has 0 aliphatic heterocycles. The van der Waals surface area contributed by atoms with Gasteiger partial charge in [0.15, 0.2) is 0 Å². The molecule has 2 aromatic carbocycles. The van der Waals surface area contributed by atoms with E-state index in [1.54, 1.807) is 0 Å². The first-order valence-electron chi connectivity index (χ1n) is 11.0. The molecule has 0 aliphatic carbocycles. The molecule has 1 nitrogen and oxygen atoms in total. The van der Waals surface area contributed by atoms with E-state index in [1.165, 1.54) is 24.0 Å². The fourth-order valence-corrected chi connectivity index (χ4v) is 2.89. The third-order valence-corrected chi connectivity index (χ3v) is 4.95. The molecule has 0 saturated heterocycles. The largest absolute Gasteiger partial charge is 0.477 e. The van der Waals surface area contributed by atoms with Gasteiger partial charge in [-0.2, -0.15) is 0 Å². The number of rotatable bonds is 7. The lowest BCUT2D eigenvalue weighted by molar-refractivity contribution is 0.629. The van der Waals surface area contributed by atoms with Crippen LogP contribution in [-0.4, -0.2) is 6.66 Å². The summed E-state index contributed by atoms with van der Waals surface area (Å²) in [6, 6.07) is 16.7. The van der Waals surface area contributed by atoms with Crippen LogP contribution in [0.25, 0.3) is 11.1 Å². The Morgan fingerprint density at radius 1 is 0.933 bits per heavy atom. The minimum atomic E-state index is 0.460. The second-order valence-corrected chi connectivity index (χ2v) is 7.44. The molecule has 2 rings (SSSR count). The van der Waals surface area contributed by atoms with Gasteiger partial charge < -0.3 is 4.52 Å². The molecule has 1 atom stereocenters. The maximum Gasteiger partial charge on any atom is 0.125 e. The van der Waals surface area contributed by atoms with Gasteiger partial charge in [-0.3, -0.25) is 0 Å². The quantitative estimate of drug-likeness (QED) is 0.317. The van der Waals surface area contributed by atoms with Crippen LogP contribution in [0.1, 0.15) is 71.1 Å². The summed E-state index contributed by atoms with van der Waals surface area (Å²) in [7, 11) is 0.460. The van der Waals surface area contributed by atoms with E-state index in [2.05, 4.69) is 89.7 Å². The molecule has 164 valence electrons. The third kappa shape index (κ3) is 10.1. The highest BCUT2D eigenvalue weighted by atomic mass is 31.1. The molecule has 0 radical (unpaired) electrons. The molecule has 0 bridgehead atoms. The van der Waals surface area contributed by atoms with Crippen LogP contribution in [0.3, 0.4) is 0 Å². The van der Waals surface area contributed by atoms with Crippen molar-refractivity contribution in [1.82, 2.24) is 0 Å². The number of aryl methyl sites for hydroxylation is 1. The van der Waals surface area contributed by atoms with E-state index in [0.717, 1.165) is 28.0 Å². The van der Waals surface area contributed by atoms with Crippen molar-refractivity contribution >= 4 is 20.0 Å². The molecular weight excluding hydrogens is 383 g/mol. The highest BCUT2D eigenvalue weighted by molar-refractivity contribution is 7.31. The Bertz CT molecular complexity index is 799. The highest BCUT2D eigenvalue weighted by Crippen LogP contribution is 2.29. The SMILES string of the molecule is C=C(/C(C)=C/C=C(\C)c1ccccc1)c1ccc(OPC)c(C)c1.CC.CCCC. The van der Waals surface area contributed by atoms with Gasteiger partial charge in [0.05, 0.1) is 8.81 Å². The second kappa shape index (κ2) is 16.7. The minimum Gasteiger partial charge on any atom is -0.477 e. The first kappa shape index (κ1) is 27.9. The Kier molecular flexibility index (Phi) is 15.5. The van der Waals surface area contributed by atoms with Crippen molar-refractivity contribution in [3.8, 4) is 5.75 Å². The predicted molar refractivity (Wildman–Crippen MR) is 141 cm³/mol. The summed E-state index contributed by atoms with van der Waals surface area (Å²) in [6.07, 6.45) is 6.93.